The SMILES string of the molecule is COc1cccc(C23CCCOC2CC(=O)CC3)c1O. The molecule has 1 aromatic rings. The maximum atomic E-state index is 11.7. The third-order valence-corrected chi connectivity index (χ3v) is 4.72. The first-order valence-electron chi connectivity index (χ1n) is 7.17. The third-order valence-electron chi connectivity index (χ3n) is 4.72. The highest BCUT2D eigenvalue weighted by Gasteiger charge is 2.48. The minimum atomic E-state index is -0.245. The second-order valence-electron chi connectivity index (χ2n) is 5.72. The van der Waals surface area contributed by atoms with Crippen molar-refractivity contribution in [3.63, 3.8) is 0 Å². The summed E-state index contributed by atoms with van der Waals surface area (Å²) in [6.45, 7) is 0.699. The summed E-state index contributed by atoms with van der Waals surface area (Å²) in [5, 5.41) is 10.5. The summed E-state index contributed by atoms with van der Waals surface area (Å²) in [5.41, 5.74) is 0.624. The van der Waals surface area contributed by atoms with E-state index in [1.54, 1.807) is 13.2 Å². The van der Waals surface area contributed by atoms with Crippen molar-refractivity contribution in [3.8, 4) is 11.5 Å². The van der Waals surface area contributed by atoms with Gasteiger partial charge in [-0.15, -0.1) is 0 Å². The van der Waals surface area contributed by atoms with Crippen LogP contribution in [-0.2, 0) is 14.9 Å². The number of phenols is 1. The van der Waals surface area contributed by atoms with Crippen LogP contribution in [-0.4, -0.2) is 30.7 Å². The Bertz CT molecular complexity index is 525. The Morgan fingerprint density at radius 3 is 3.05 bits per heavy atom. The van der Waals surface area contributed by atoms with Crippen molar-refractivity contribution in [1.29, 1.82) is 0 Å². The summed E-state index contributed by atoms with van der Waals surface area (Å²) in [6, 6.07) is 5.59. The first kappa shape index (κ1) is 13.4. The molecule has 1 N–H and O–H groups in total. The zero-order chi connectivity index (χ0) is 14.2. The summed E-state index contributed by atoms with van der Waals surface area (Å²) < 4.78 is 11.1. The van der Waals surface area contributed by atoms with Gasteiger partial charge in [-0.05, 0) is 25.3 Å². The highest BCUT2D eigenvalue weighted by atomic mass is 16.5. The highest BCUT2D eigenvalue weighted by molar-refractivity contribution is 5.80. The third kappa shape index (κ3) is 1.99. The van der Waals surface area contributed by atoms with Crippen LogP contribution < -0.4 is 4.74 Å². The van der Waals surface area contributed by atoms with Crippen molar-refractivity contribution >= 4 is 5.78 Å². The molecular formula is C16H20O4. The summed E-state index contributed by atoms with van der Waals surface area (Å²) in [7, 11) is 1.55. The number of hydrogen-bond acceptors (Lipinski definition) is 4. The van der Waals surface area contributed by atoms with Crippen LogP contribution in [0, 0.1) is 0 Å². The van der Waals surface area contributed by atoms with Crippen molar-refractivity contribution in [2.45, 2.75) is 43.6 Å². The average molecular weight is 276 g/mol. The van der Waals surface area contributed by atoms with E-state index in [2.05, 4.69) is 0 Å². The molecule has 2 aliphatic rings. The van der Waals surface area contributed by atoms with Gasteiger partial charge < -0.3 is 14.6 Å². The van der Waals surface area contributed by atoms with Gasteiger partial charge in [0, 0.05) is 30.4 Å². The maximum absolute atomic E-state index is 11.7. The second-order valence-corrected chi connectivity index (χ2v) is 5.72. The molecule has 0 spiro atoms. The van der Waals surface area contributed by atoms with Crippen LogP contribution in [0.4, 0.5) is 0 Å². The molecule has 0 aromatic heterocycles. The first-order valence-corrected chi connectivity index (χ1v) is 7.17. The Labute approximate surface area is 118 Å². The first-order chi connectivity index (χ1) is 9.67. The van der Waals surface area contributed by atoms with E-state index in [1.807, 2.05) is 12.1 Å². The predicted octanol–water partition coefficient (Wildman–Crippen LogP) is 2.57. The Morgan fingerprint density at radius 1 is 1.40 bits per heavy atom. The minimum absolute atomic E-state index is 0.115. The molecule has 0 radical (unpaired) electrons. The number of carbonyl (C=O) groups is 1. The fourth-order valence-corrected chi connectivity index (χ4v) is 3.68. The molecule has 2 unspecified atom stereocenters. The summed E-state index contributed by atoms with van der Waals surface area (Å²) >= 11 is 0. The lowest BCUT2D eigenvalue weighted by atomic mass is 9.63. The summed E-state index contributed by atoms with van der Waals surface area (Å²) in [5.74, 6) is 0.938. The van der Waals surface area contributed by atoms with Gasteiger partial charge in [-0.25, -0.2) is 0 Å². The lowest BCUT2D eigenvalue weighted by molar-refractivity contribution is -0.133. The number of rotatable bonds is 2. The number of para-hydroxylation sites is 1. The van der Waals surface area contributed by atoms with E-state index in [9.17, 15) is 9.90 Å². The van der Waals surface area contributed by atoms with Crippen LogP contribution in [0.5, 0.6) is 11.5 Å². The normalized spacial score (nSPS) is 29.9. The molecule has 1 aliphatic heterocycles. The van der Waals surface area contributed by atoms with Crippen molar-refractivity contribution in [2.24, 2.45) is 0 Å². The number of ketones is 1. The average Bonchev–Trinajstić information content (AvgIpc) is 2.47. The van der Waals surface area contributed by atoms with Crippen molar-refractivity contribution in [1.82, 2.24) is 0 Å². The van der Waals surface area contributed by atoms with Gasteiger partial charge in [-0.3, -0.25) is 4.79 Å². The Morgan fingerprint density at radius 2 is 2.25 bits per heavy atom. The Hall–Kier alpha value is -1.55. The van der Waals surface area contributed by atoms with Crippen LogP contribution in [0.3, 0.4) is 0 Å². The molecule has 4 heteroatoms. The van der Waals surface area contributed by atoms with Crippen molar-refractivity contribution in [3.05, 3.63) is 23.8 Å². The summed E-state index contributed by atoms with van der Waals surface area (Å²) in [4.78, 5) is 11.7. The van der Waals surface area contributed by atoms with Crippen LogP contribution in [0.1, 0.15) is 37.7 Å². The van der Waals surface area contributed by atoms with E-state index in [1.165, 1.54) is 0 Å². The minimum Gasteiger partial charge on any atom is -0.504 e. The highest BCUT2D eigenvalue weighted by Crippen LogP contribution is 2.50. The number of methoxy groups -OCH3 is 1. The number of hydrogen-bond donors (Lipinski definition) is 1. The monoisotopic (exact) mass is 276 g/mol. The van der Waals surface area contributed by atoms with Gasteiger partial charge >= 0.3 is 0 Å². The number of phenolic OH excluding ortho intramolecular Hbond substituents is 1. The molecule has 0 bridgehead atoms. The van der Waals surface area contributed by atoms with Crippen LogP contribution in [0.2, 0.25) is 0 Å². The van der Waals surface area contributed by atoms with E-state index in [-0.39, 0.29) is 23.1 Å². The van der Waals surface area contributed by atoms with Gasteiger partial charge in [-0.2, -0.15) is 0 Å². The number of benzene rings is 1. The fourth-order valence-electron chi connectivity index (χ4n) is 3.68. The van der Waals surface area contributed by atoms with Crippen molar-refractivity contribution < 1.29 is 19.4 Å². The standard InChI is InChI=1S/C16H20O4/c1-19-13-5-2-4-12(15(13)18)16-7-3-9-20-14(16)10-11(17)6-8-16/h2,4-5,14,18H,3,6-10H2,1H3. The topological polar surface area (TPSA) is 55.8 Å². The second kappa shape index (κ2) is 5.09. The van der Waals surface area contributed by atoms with Crippen molar-refractivity contribution in [2.75, 3.05) is 13.7 Å². The molecule has 2 fully saturated rings. The van der Waals surface area contributed by atoms with Gasteiger partial charge in [0.15, 0.2) is 11.5 Å². The lowest BCUT2D eigenvalue weighted by Crippen LogP contribution is -2.49. The molecule has 4 nitrogen and oxygen atoms in total. The zero-order valence-electron chi connectivity index (χ0n) is 11.7. The quantitative estimate of drug-likeness (QED) is 0.902. The van der Waals surface area contributed by atoms with Gasteiger partial charge in [0.25, 0.3) is 0 Å². The van der Waals surface area contributed by atoms with Gasteiger partial charge in [0.2, 0.25) is 0 Å². The molecule has 1 saturated heterocycles. The molecular weight excluding hydrogens is 256 g/mol. The molecule has 1 aromatic carbocycles. The molecule has 2 atom stereocenters. The Kier molecular flexibility index (Phi) is 3.42. The molecule has 3 rings (SSSR count). The van der Waals surface area contributed by atoms with Gasteiger partial charge in [-0.1, -0.05) is 12.1 Å². The number of ether oxygens (including phenoxy) is 2. The molecule has 1 aliphatic carbocycles. The molecule has 20 heavy (non-hydrogen) atoms. The van der Waals surface area contributed by atoms with E-state index in [0.29, 0.717) is 25.2 Å². The zero-order valence-corrected chi connectivity index (χ0v) is 11.7. The van der Waals surface area contributed by atoms with E-state index in [0.717, 1.165) is 24.8 Å². The Balaban J connectivity index is 2.07. The predicted molar refractivity (Wildman–Crippen MR) is 74.2 cm³/mol. The van der Waals surface area contributed by atoms with Crippen LogP contribution >= 0.6 is 0 Å². The van der Waals surface area contributed by atoms with E-state index in [4.69, 9.17) is 9.47 Å². The molecule has 1 heterocycles. The summed E-state index contributed by atoms with van der Waals surface area (Å²) in [6.07, 6.45) is 3.56. The number of fused-ring (bicyclic) bond motifs is 1. The van der Waals surface area contributed by atoms with Gasteiger partial charge in [0.05, 0.1) is 13.2 Å². The maximum Gasteiger partial charge on any atom is 0.161 e. The fraction of sp³-hybridized carbons (Fsp3) is 0.562. The lowest BCUT2D eigenvalue weighted by Gasteiger charge is -2.47. The number of aromatic hydroxyl groups is 1. The van der Waals surface area contributed by atoms with Crippen LogP contribution in [0.15, 0.2) is 18.2 Å². The van der Waals surface area contributed by atoms with Gasteiger partial charge in [0.1, 0.15) is 5.78 Å². The number of Topliss-reactive ketones (excluding diaryl/α,β-unsaturated/α-hetero) is 1. The van der Waals surface area contributed by atoms with E-state index >= 15 is 0 Å². The molecule has 108 valence electrons. The van der Waals surface area contributed by atoms with E-state index < -0.39 is 0 Å². The largest absolute Gasteiger partial charge is 0.504 e. The smallest absolute Gasteiger partial charge is 0.161 e. The molecule has 1 saturated carbocycles. The molecule has 0 amide bonds. The van der Waals surface area contributed by atoms with Crippen LogP contribution in [0.25, 0.3) is 0 Å². The number of carbonyl (C=O) groups excluding carboxylic acids is 1.